The number of rotatable bonds is 6. The molecule has 144 valence electrons. The molecule has 1 aromatic carbocycles. The van der Waals surface area contributed by atoms with Crippen molar-refractivity contribution in [2.45, 2.75) is 32.7 Å². The van der Waals surface area contributed by atoms with Crippen LogP contribution < -0.4 is 5.32 Å². The summed E-state index contributed by atoms with van der Waals surface area (Å²) in [6, 6.07) is 12.4. The summed E-state index contributed by atoms with van der Waals surface area (Å²) in [5.41, 5.74) is 4.88. The molecule has 0 bridgehead atoms. The van der Waals surface area contributed by atoms with Gasteiger partial charge in [0.15, 0.2) is 5.58 Å². The van der Waals surface area contributed by atoms with Crippen LogP contribution in [0.3, 0.4) is 0 Å². The topological polar surface area (TPSA) is 50.4 Å². The smallest absolute Gasteiger partial charge is 0.268 e. The Labute approximate surface area is 161 Å². The van der Waals surface area contributed by atoms with Gasteiger partial charge in [0.05, 0.1) is 11.8 Å². The van der Waals surface area contributed by atoms with Gasteiger partial charge in [0.25, 0.3) is 5.91 Å². The average molecular weight is 367 g/mol. The van der Waals surface area contributed by atoms with Crippen molar-refractivity contribution in [3.05, 3.63) is 59.5 Å². The van der Waals surface area contributed by atoms with E-state index >= 15 is 0 Å². The van der Waals surface area contributed by atoms with Gasteiger partial charge in [-0.2, -0.15) is 0 Å². The van der Waals surface area contributed by atoms with Crippen LogP contribution in [0.15, 0.2) is 47.1 Å². The number of benzene rings is 1. The number of nitrogens with zero attached hydrogens (tertiary/aromatic N) is 2. The predicted octanol–water partition coefficient (Wildman–Crippen LogP) is 3.87. The highest BCUT2D eigenvalue weighted by Crippen LogP contribution is 2.25. The highest BCUT2D eigenvalue weighted by atomic mass is 16.3. The number of hydrogen-bond acceptors (Lipinski definition) is 3. The van der Waals surface area contributed by atoms with Crippen molar-refractivity contribution in [3.63, 3.8) is 0 Å². The first-order valence-corrected chi connectivity index (χ1v) is 9.35. The van der Waals surface area contributed by atoms with Crippen LogP contribution in [0.1, 0.15) is 42.4 Å². The molecular formula is C22H29N3O2. The van der Waals surface area contributed by atoms with Crippen LogP contribution in [0, 0.1) is 0 Å². The van der Waals surface area contributed by atoms with Gasteiger partial charge in [0, 0.05) is 31.8 Å². The highest BCUT2D eigenvalue weighted by molar-refractivity contribution is 5.97. The maximum Gasteiger partial charge on any atom is 0.268 e. The third-order valence-electron chi connectivity index (χ3n) is 4.76. The predicted molar refractivity (Wildman–Crippen MR) is 109 cm³/mol. The Morgan fingerprint density at radius 3 is 2.48 bits per heavy atom. The van der Waals surface area contributed by atoms with E-state index in [1.165, 1.54) is 5.56 Å². The lowest BCUT2D eigenvalue weighted by atomic mass is 9.87. The lowest BCUT2D eigenvalue weighted by molar-refractivity contribution is 0.0942. The van der Waals surface area contributed by atoms with Crippen molar-refractivity contribution in [2.75, 3.05) is 27.2 Å². The van der Waals surface area contributed by atoms with Crippen molar-refractivity contribution >= 4 is 17.0 Å². The van der Waals surface area contributed by atoms with Crippen LogP contribution in [0.4, 0.5) is 0 Å². The summed E-state index contributed by atoms with van der Waals surface area (Å²) in [4.78, 5) is 14.7. The van der Waals surface area contributed by atoms with Crippen molar-refractivity contribution in [2.24, 2.45) is 0 Å². The zero-order valence-electron chi connectivity index (χ0n) is 16.9. The molecule has 0 radical (unpaired) electrons. The zero-order chi connectivity index (χ0) is 19.6. The number of amides is 1. The summed E-state index contributed by atoms with van der Waals surface area (Å²) in [5.74, 6) is -0.0745. The summed E-state index contributed by atoms with van der Waals surface area (Å²) in [5, 5.41) is 2.99. The fourth-order valence-electron chi connectivity index (χ4n) is 3.11. The molecule has 0 aliphatic heterocycles. The second-order valence-electron chi connectivity index (χ2n) is 8.29. The molecule has 0 atom stereocenters. The van der Waals surface area contributed by atoms with Gasteiger partial charge in [-0.05, 0) is 30.6 Å². The molecule has 0 fully saturated rings. The monoisotopic (exact) mass is 367 g/mol. The molecule has 27 heavy (non-hydrogen) atoms. The molecule has 5 nitrogen and oxygen atoms in total. The minimum atomic E-state index is -0.0745. The van der Waals surface area contributed by atoms with Crippen molar-refractivity contribution in [1.82, 2.24) is 14.8 Å². The van der Waals surface area contributed by atoms with E-state index in [0.717, 1.165) is 23.2 Å². The van der Waals surface area contributed by atoms with E-state index in [2.05, 4.69) is 50.4 Å². The van der Waals surface area contributed by atoms with Gasteiger partial charge in [-0.25, -0.2) is 0 Å². The van der Waals surface area contributed by atoms with Crippen LogP contribution >= 0.6 is 0 Å². The van der Waals surface area contributed by atoms with Crippen LogP contribution in [0.2, 0.25) is 0 Å². The molecule has 0 spiro atoms. The summed E-state index contributed by atoms with van der Waals surface area (Å²) < 4.78 is 7.55. The molecular weight excluding hydrogens is 338 g/mol. The second-order valence-corrected chi connectivity index (χ2v) is 8.29. The van der Waals surface area contributed by atoms with Crippen LogP contribution in [-0.4, -0.2) is 42.6 Å². The Morgan fingerprint density at radius 1 is 1.15 bits per heavy atom. The molecule has 0 saturated heterocycles. The van der Waals surface area contributed by atoms with Gasteiger partial charge in [0.2, 0.25) is 0 Å². The number of carbonyl (C=O) groups excluding carboxylic acids is 1. The molecule has 5 heteroatoms. The lowest BCUT2D eigenvalue weighted by Gasteiger charge is -2.19. The van der Waals surface area contributed by atoms with Gasteiger partial charge in [-0.3, -0.25) is 4.79 Å². The molecule has 0 aliphatic carbocycles. The highest BCUT2D eigenvalue weighted by Gasteiger charge is 2.18. The molecule has 2 aromatic heterocycles. The van der Waals surface area contributed by atoms with E-state index in [9.17, 15) is 4.79 Å². The van der Waals surface area contributed by atoms with Crippen LogP contribution in [-0.2, 0) is 12.0 Å². The first-order valence-electron chi connectivity index (χ1n) is 9.35. The Kier molecular flexibility index (Phi) is 5.42. The first kappa shape index (κ1) is 19.2. The molecule has 3 aromatic rings. The molecule has 1 amide bonds. The lowest BCUT2D eigenvalue weighted by Crippen LogP contribution is -2.32. The molecule has 0 aliphatic rings. The molecule has 3 rings (SSSR count). The molecule has 0 saturated carbocycles. The number of carbonyl (C=O) groups is 1. The van der Waals surface area contributed by atoms with E-state index < -0.39 is 0 Å². The van der Waals surface area contributed by atoms with E-state index in [1.807, 2.05) is 35.7 Å². The number of likely N-dealkylation sites (N-methyl/N-ethyl adjacent to an activating group) is 1. The van der Waals surface area contributed by atoms with E-state index in [0.29, 0.717) is 18.8 Å². The Balaban J connectivity index is 1.84. The van der Waals surface area contributed by atoms with E-state index in [4.69, 9.17) is 4.42 Å². The average Bonchev–Trinajstić information content (AvgIpc) is 3.17. The van der Waals surface area contributed by atoms with Crippen LogP contribution in [0.25, 0.3) is 11.1 Å². The largest absolute Gasteiger partial charge is 0.463 e. The minimum Gasteiger partial charge on any atom is -0.463 e. The molecule has 2 heterocycles. The fraction of sp³-hybridized carbons (Fsp3) is 0.409. The fourth-order valence-corrected chi connectivity index (χ4v) is 3.11. The molecule has 0 unspecified atom stereocenters. The Hall–Kier alpha value is -2.53. The second kappa shape index (κ2) is 7.61. The number of hydrogen-bond donors (Lipinski definition) is 1. The van der Waals surface area contributed by atoms with Gasteiger partial charge >= 0.3 is 0 Å². The summed E-state index contributed by atoms with van der Waals surface area (Å²) >= 11 is 0. The summed E-state index contributed by atoms with van der Waals surface area (Å²) in [6.45, 7) is 8.66. The third kappa shape index (κ3) is 4.42. The van der Waals surface area contributed by atoms with Crippen molar-refractivity contribution < 1.29 is 9.21 Å². The minimum absolute atomic E-state index is 0.0745. The maximum absolute atomic E-state index is 12.7. The standard InChI is InChI=1S/C22H29N3O2/c1-22(2,3)17-8-6-16(7-9-17)15-25-18-10-13-27-20(18)14-19(25)21(26)23-11-12-24(4)5/h6-10,13-14H,11-12,15H2,1-5H3,(H,23,26). The maximum atomic E-state index is 12.7. The SMILES string of the molecule is CN(C)CCNC(=O)c1cc2occc2n1Cc1ccc(C(C)(C)C)cc1. The van der Waals surface area contributed by atoms with Crippen LogP contribution in [0.5, 0.6) is 0 Å². The van der Waals surface area contributed by atoms with Crippen molar-refractivity contribution in [1.29, 1.82) is 0 Å². The first-order chi connectivity index (χ1) is 12.8. The van der Waals surface area contributed by atoms with Gasteiger partial charge in [-0.1, -0.05) is 45.0 Å². The Bertz CT molecular complexity index is 911. The van der Waals surface area contributed by atoms with E-state index in [1.54, 1.807) is 6.26 Å². The van der Waals surface area contributed by atoms with E-state index in [-0.39, 0.29) is 11.3 Å². The number of fused-ring (bicyclic) bond motifs is 1. The van der Waals surface area contributed by atoms with Gasteiger partial charge in [-0.15, -0.1) is 0 Å². The third-order valence-corrected chi connectivity index (χ3v) is 4.76. The number of aromatic nitrogens is 1. The molecule has 1 N–H and O–H groups in total. The van der Waals surface area contributed by atoms with Crippen molar-refractivity contribution in [3.8, 4) is 0 Å². The quantitative estimate of drug-likeness (QED) is 0.719. The number of furan rings is 1. The zero-order valence-corrected chi connectivity index (χ0v) is 16.9. The normalized spacial score (nSPS) is 12.1. The van der Waals surface area contributed by atoms with Gasteiger partial charge in [0.1, 0.15) is 5.69 Å². The van der Waals surface area contributed by atoms with Gasteiger partial charge < -0.3 is 19.2 Å². The summed E-state index contributed by atoms with van der Waals surface area (Å²) in [6.07, 6.45) is 1.66. The summed E-state index contributed by atoms with van der Waals surface area (Å²) in [7, 11) is 3.98. The Morgan fingerprint density at radius 2 is 1.85 bits per heavy atom. The number of nitrogens with one attached hydrogen (secondary N) is 1.